The minimum atomic E-state index is -0.783. The third kappa shape index (κ3) is 4.94. The van der Waals surface area contributed by atoms with Crippen LogP contribution in [0.3, 0.4) is 0 Å². The second-order valence-electron chi connectivity index (χ2n) is 4.98. The Bertz CT molecular complexity index is 739. The number of amides is 3. The molecule has 0 saturated carbocycles. The standard InChI is InChI=1S/C16H17FN4O3/c1-10(21-16(18)23)14(22)20-9-11-4-3-7-19-15(11)24-13-6-2-5-12(17)8-13/h2-8,10H,9H2,1H3,(H,20,22)(H3,18,21,23)/t10-/m1/s1. The van der Waals surface area contributed by atoms with E-state index >= 15 is 0 Å². The molecular weight excluding hydrogens is 315 g/mol. The van der Waals surface area contributed by atoms with Gasteiger partial charge < -0.3 is 21.1 Å². The van der Waals surface area contributed by atoms with Crippen molar-refractivity contribution in [3.63, 3.8) is 0 Å². The topological polar surface area (TPSA) is 106 Å². The second-order valence-corrected chi connectivity index (χ2v) is 4.98. The summed E-state index contributed by atoms with van der Waals surface area (Å²) in [4.78, 5) is 26.7. The van der Waals surface area contributed by atoms with Crippen molar-refractivity contribution in [2.75, 3.05) is 0 Å². The van der Waals surface area contributed by atoms with Crippen LogP contribution in [0, 0.1) is 5.82 Å². The number of nitrogens with one attached hydrogen (secondary N) is 2. The maximum atomic E-state index is 13.2. The third-order valence-electron chi connectivity index (χ3n) is 3.07. The first kappa shape index (κ1) is 17.2. The molecule has 0 fully saturated rings. The average molecular weight is 332 g/mol. The lowest BCUT2D eigenvalue weighted by Gasteiger charge is -2.14. The van der Waals surface area contributed by atoms with Gasteiger partial charge in [0.2, 0.25) is 11.8 Å². The molecule has 4 N–H and O–H groups in total. The van der Waals surface area contributed by atoms with Crippen LogP contribution in [-0.2, 0) is 11.3 Å². The van der Waals surface area contributed by atoms with Crippen LogP contribution in [0.1, 0.15) is 12.5 Å². The Labute approximate surface area is 138 Å². The van der Waals surface area contributed by atoms with Gasteiger partial charge in [-0.05, 0) is 25.1 Å². The first-order valence-electron chi connectivity index (χ1n) is 7.16. The molecule has 0 radical (unpaired) electrons. The van der Waals surface area contributed by atoms with E-state index in [2.05, 4.69) is 15.6 Å². The number of halogens is 1. The van der Waals surface area contributed by atoms with E-state index in [1.54, 1.807) is 18.2 Å². The molecule has 24 heavy (non-hydrogen) atoms. The molecule has 2 rings (SSSR count). The molecule has 8 heteroatoms. The molecule has 0 saturated heterocycles. The fraction of sp³-hybridized carbons (Fsp3) is 0.188. The molecule has 126 valence electrons. The van der Waals surface area contributed by atoms with E-state index in [1.807, 2.05) is 0 Å². The number of nitrogens with zero attached hydrogens (tertiary/aromatic N) is 1. The molecule has 1 aromatic heterocycles. The van der Waals surface area contributed by atoms with E-state index in [1.165, 1.54) is 31.3 Å². The summed E-state index contributed by atoms with van der Waals surface area (Å²) < 4.78 is 18.8. The van der Waals surface area contributed by atoms with Crippen molar-refractivity contribution in [2.24, 2.45) is 5.73 Å². The summed E-state index contributed by atoms with van der Waals surface area (Å²) in [6.45, 7) is 1.63. The van der Waals surface area contributed by atoms with Crippen LogP contribution in [0.5, 0.6) is 11.6 Å². The zero-order chi connectivity index (χ0) is 17.5. The summed E-state index contributed by atoms with van der Waals surface area (Å²) in [6, 6.07) is 7.50. The van der Waals surface area contributed by atoms with Gasteiger partial charge in [-0.25, -0.2) is 14.2 Å². The largest absolute Gasteiger partial charge is 0.439 e. The number of pyridine rings is 1. The van der Waals surface area contributed by atoms with Gasteiger partial charge >= 0.3 is 6.03 Å². The highest BCUT2D eigenvalue weighted by molar-refractivity contribution is 5.86. The van der Waals surface area contributed by atoms with Crippen molar-refractivity contribution in [2.45, 2.75) is 19.5 Å². The summed E-state index contributed by atoms with van der Waals surface area (Å²) >= 11 is 0. The van der Waals surface area contributed by atoms with E-state index in [-0.39, 0.29) is 12.4 Å². The Morgan fingerprint density at radius 1 is 1.33 bits per heavy atom. The molecule has 1 heterocycles. The molecule has 0 unspecified atom stereocenters. The number of carbonyl (C=O) groups is 2. The van der Waals surface area contributed by atoms with Crippen molar-refractivity contribution in [3.8, 4) is 11.6 Å². The van der Waals surface area contributed by atoms with E-state index in [9.17, 15) is 14.0 Å². The summed E-state index contributed by atoms with van der Waals surface area (Å²) in [5.41, 5.74) is 5.57. The van der Waals surface area contributed by atoms with Gasteiger partial charge in [-0.2, -0.15) is 0 Å². The Hall–Kier alpha value is -3.16. The van der Waals surface area contributed by atoms with Gasteiger partial charge in [0.05, 0.1) is 0 Å². The highest BCUT2D eigenvalue weighted by Gasteiger charge is 2.15. The molecule has 0 spiro atoms. The van der Waals surface area contributed by atoms with Gasteiger partial charge in [0.1, 0.15) is 17.6 Å². The number of hydrogen-bond donors (Lipinski definition) is 3. The molecular formula is C16H17FN4O3. The minimum absolute atomic E-state index is 0.127. The lowest BCUT2D eigenvalue weighted by atomic mass is 10.2. The molecule has 1 aromatic carbocycles. The maximum absolute atomic E-state index is 13.2. The van der Waals surface area contributed by atoms with E-state index in [0.717, 1.165) is 0 Å². The smallest absolute Gasteiger partial charge is 0.312 e. The molecule has 2 aromatic rings. The highest BCUT2D eigenvalue weighted by atomic mass is 19.1. The number of benzene rings is 1. The Balaban J connectivity index is 2.03. The van der Waals surface area contributed by atoms with Gasteiger partial charge in [0, 0.05) is 24.4 Å². The lowest BCUT2D eigenvalue weighted by Crippen LogP contribution is -2.46. The molecule has 0 aliphatic carbocycles. The number of urea groups is 1. The summed E-state index contributed by atoms with van der Waals surface area (Å²) in [6.07, 6.45) is 1.53. The molecule has 3 amide bonds. The zero-order valence-corrected chi connectivity index (χ0v) is 13.0. The van der Waals surface area contributed by atoms with Crippen molar-refractivity contribution < 1.29 is 18.7 Å². The molecule has 7 nitrogen and oxygen atoms in total. The van der Waals surface area contributed by atoms with Gasteiger partial charge in [-0.1, -0.05) is 12.1 Å². The van der Waals surface area contributed by atoms with E-state index in [0.29, 0.717) is 11.3 Å². The van der Waals surface area contributed by atoms with Crippen LogP contribution in [0.4, 0.5) is 9.18 Å². The van der Waals surface area contributed by atoms with Gasteiger partial charge in [0.25, 0.3) is 0 Å². The maximum Gasteiger partial charge on any atom is 0.312 e. The fourth-order valence-electron chi connectivity index (χ4n) is 1.91. The van der Waals surface area contributed by atoms with Crippen LogP contribution in [0.25, 0.3) is 0 Å². The lowest BCUT2D eigenvalue weighted by molar-refractivity contribution is -0.122. The third-order valence-corrected chi connectivity index (χ3v) is 3.07. The summed E-state index contributed by atoms with van der Waals surface area (Å²) in [7, 11) is 0. The van der Waals surface area contributed by atoms with Crippen molar-refractivity contribution in [1.82, 2.24) is 15.6 Å². The zero-order valence-electron chi connectivity index (χ0n) is 13.0. The molecule has 1 atom stereocenters. The van der Waals surface area contributed by atoms with Crippen LogP contribution >= 0.6 is 0 Å². The number of nitrogens with two attached hydrogens (primary N) is 1. The van der Waals surface area contributed by atoms with Gasteiger partial charge in [-0.15, -0.1) is 0 Å². The van der Waals surface area contributed by atoms with Crippen LogP contribution in [0.2, 0.25) is 0 Å². The van der Waals surface area contributed by atoms with Crippen LogP contribution in [0.15, 0.2) is 42.6 Å². The molecule has 0 bridgehead atoms. The van der Waals surface area contributed by atoms with Crippen LogP contribution in [-0.4, -0.2) is 23.0 Å². The summed E-state index contributed by atoms with van der Waals surface area (Å²) in [5.74, 6) is -0.289. The first-order chi connectivity index (χ1) is 11.5. The predicted octanol–water partition coefficient (Wildman–Crippen LogP) is 1.69. The fourth-order valence-corrected chi connectivity index (χ4v) is 1.91. The van der Waals surface area contributed by atoms with Crippen LogP contribution < -0.4 is 21.1 Å². The summed E-state index contributed by atoms with van der Waals surface area (Å²) in [5, 5.41) is 4.92. The number of carbonyl (C=O) groups excluding carboxylic acids is 2. The number of rotatable bonds is 6. The SMILES string of the molecule is C[C@@H](NC(N)=O)C(=O)NCc1cccnc1Oc1cccc(F)c1. The Morgan fingerprint density at radius 2 is 2.12 bits per heavy atom. The monoisotopic (exact) mass is 332 g/mol. The number of ether oxygens (including phenoxy) is 1. The van der Waals surface area contributed by atoms with Gasteiger partial charge in [0.15, 0.2) is 0 Å². The molecule has 0 aliphatic rings. The van der Waals surface area contributed by atoms with Gasteiger partial charge in [-0.3, -0.25) is 4.79 Å². The van der Waals surface area contributed by atoms with Crippen molar-refractivity contribution in [3.05, 3.63) is 54.0 Å². The van der Waals surface area contributed by atoms with E-state index < -0.39 is 23.8 Å². The molecule has 0 aliphatic heterocycles. The normalized spacial score (nSPS) is 11.4. The quantitative estimate of drug-likeness (QED) is 0.748. The van der Waals surface area contributed by atoms with E-state index in [4.69, 9.17) is 10.5 Å². The number of hydrogen-bond acceptors (Lipinski definition) is 4. The Kier molecular flexibility index (Phi) is 5.67. The second kappa shape index (κ2) is 7.91. The predicted molar refractivity (Wildman–Crippen MR) is 84.7 cm³/mol. The number of primary amides is 1. The van der Waals surface area contributed by atoms with Crippen molar-refractivity contribution >= 4 is 11.9 Å². The Morgan fingerprint density at radius 3 is 2.83 bits per heavy atom. The number of aromatic nitrogens is 1. The average Bonchev–Trinajstić information content (AvgIpc) is 2.53. The highest BCUT2D eigenvalue weighted by Crippen LogP contribution is 2.23. The minimum Gasteiger partial charge on any atom is -0.439 e. The first-order valence-corrected chi connectivity index (χ1v) is 7.16. The van der Waals surface area contributed by atoms with Crippen molar-refractivity contribution in [1.29, 1.82) is 0 Å².